The zero-order valence-electron chi connectivity index (χ0n) is 13.7. The van der Waals surface area contributed by atoms with Gasteiger partial charge in [-0.15, -0.1) is 0 Å². The van der Waals surface area contributed by atoms with Gasteiger partial charge in [-0.1, -0.05) is 19.1 Å². The van der Waals surface area contributed by atoms with Crippen LogP contribution in [-0.2, 0) is 14.3 Å². The molecule has 1 aliphatic heterocycles. The maximum atomic E-state index is 12.8. The zero-order chi connectivity index (χ0) is 17.0. The van der Waals surface area contributed by atoms with E-state index in [1.54, 1.807) is 18.9 Å². The van der Waals surface area contributed by atoms with E-state index < -0.39 is 12.1 Å². The Morgan fingerprint density at radius 3 is 2.52 bits per heavy atom. The van der Waals surface area contributed by atoms with Crippen LogP contribution >= 0.6 is 0 Å². The van der Waals surface area contributed by atoms with Crippen LogP contribution in [-0.4, -0.2) is 54.3 Å². The summed E-state index contributed by atoms with van der Waals surface area (Å²) in [5.74, 6) is -0.645. The minimum absolute atomic E-state index is 0.0564. The highest BCUT2D eigenvalue weighted by atomic mass is 16.5. The van der Waals surface area contributed by atoms with Crippen LogP contribution in [0.2, 0.25) is 0 Å². The molecule has 2 rings (SSSR count). The molecule has 1 amide bonds. The first kappa shape index (κ1) is 17.3. The Kier molecular flexibility index (Phi) is 5.60. The summed E-state index contributed by atoms with van der Waals surface area (Å²) >= 11 is 0. The molecular weight excluding hydrogens is 298 g/mol. The van der Waals surface area contributed by atoms with Crippen molar-refractivity contribution in [2.24, 2.45) is 0 Å². The van der Waals surface area contributed by atoms with E-state index in [1.807, 2.05) is 31.2 Å². The summed E-state index contributed by atoms with van der Waals surface area (Å²) < 4.78 is 10.5. The second-order valence-corrected chi connectivity index (χ2v) is 5.75. The fourth-order valence-corrected chi connectivity index (χ4v) is 2.88. The minimum Gasteiger partial charge on any atom is -0.497 e. The van der Waals surface area contributed by atoms with Crippen molar-refractivity contribution in [2.75, 3.05) is 20.2 Å². The lowest BCUT2D eigenvalue weighted by molar-refractivity contribution is -0.167. The van der Waals surface area contributed by atoms with Crippen molar-refractivity contribution in [3.8, 4) is 5.75 Å². The van der Waals surface area contributed by atoms with Crippen molar-refractivity contribution >= 4 is 11.9 Å². The molecule has 6 heteroatoms. The molecule has 1 aliphatic rings. The van der Waals surface area contributed by atoms with Crippen LogP contribution in [0.3, 0.4) is 0 Å². The Bertz CT molecular complexity index is 557. The number of morpholine rings is 1. The summed E-state index contributed by atoms with van der Waals surface area (Å²) in [6, 6.07) is 7.41. The molecular formula is C17H23NO5. The van der Waals surface area contributed by atoms with Gasteiger partial charge in [-0.3, -0.25) is 4.79 Å². The molecule has 1 aromatic carbocycles. The van der Waals surface area contributed by atoms with Gasteiger partial charge in [0.05, 0.1) is 25.7 Å². The third kappa shape index (κ3) is 4.01. The number of carbonyl (C=O) groups is 2. The number of hydrogen-bond acceptors (Lipinski definition) is 4. The highest BCUT2D eigenvalue weighted by Crippen LogP contribution is 2.26. The molecule has 6 nitrogen and oxygen atoms in total. The van der Waals surface area contributed by atoms with Crippen LogP contribution in [0, 0.1) is 0 Å². The molecule has 0 spiro atoms. The van der Waals surface area contributed by atoms with Crippen molar-refractivity contribution in [2.45, 2.75) is 38.4 Å². The highest BCUT2D eigenvalue weighted by molar-refractivity contribution is 5.84. The Morgan fingerprint density at radius 1 is 1.35 bits per heavy atom. The van der Waals surface area contributed by atoms with Crippen molar-refractivity contribution in [3.63, 3.8) is 0 Å². The summed E-state index contributed by atoms with van der Waals surface area (Å²) in [4.78, 5) is 25.6. The van der Waals surface area contributed by atoms with E-state index in [9.17, 15) is 9.59 Å². The van der Waals surface area contributed by atoms with E-state index in [4.69, 9.17) is 14.6 Å². The number of carboxylic acid groups (broad SMARTS) is 1. The predicted molar refractivity (Wildman–Crippen MR) is 84.6 cm³/mol. The molecule has 1 aromatic rings. The van der Waals surface area contributed by atoms with E-state index in [-0.39, 0.29) is 24.5 Å². The van der Waals surface area contributed by atoms with E-state index in [0.717, 1.165) is 11.3 Å². The molecule has 1 saturated heterocycles. The van der Waals surface area contributed by atoms with Gasteiger partial charge < -0.3 is 19.5 Å². The summed E-state index contributed by atoms with van der Waals surface area (Å²) in [5.41, 5.74) is 0.907. The number of ether oxygens (including phenoxy) is 2. The molecule has 3 atom stereocenters. The lowest BCUT2D eigenvalue weighted by atomic mass is 9.94. The number of carboxylic acids is 1. The molecule has 0 aromatic heterocycles. The SMILES string of the molecule is CCC(C(=O)N1CC(C(=O)O)O[C@H](C)C1)c1ccc(OC)cc1. The fraction of sp³-hybridized carbons (Fsp3) is 0.529. The standard InChI is InChI=1S/C17H23NO5/c1-4-14(12-5-7-13(22-3)8-6-12)16(19)18-9-11(2)23-15(10-18)17(20)21/h5-8,11,14-15H,4,9-10H2,1-3H3,(H,20,21)/t11-,14?,15?/m1/s1. The van der Waals surface area contributed by atoms with E-state index in [1.165, 1.54) is 0 Å². The number of aliphatic carboxylic acids is 1. The summed E-state index contributed by atoms with van der Waals surface area (Å²) in [6.45, 7) is 4.23. The van der Waals surface area contributed by atoms with Gasteiger partial charge in [0.1, 0.15) is 5.75 Å². The first-order valence-corrected chi connectivity index (χ1v) is 7.77. The van der Waals surface area contributed by atoms with Gasteiger partial charge in [0, 0.05) is 6.54 Å². The molecule has 0 saturated carbocycles. The Labute approximate surface area is 136 Å². The van der Waals surface area contributed by atoms with Gasteiger partial charge in [0.2, 0.25) is 5.91 Å². The molecule has 2 unspecified atom stereocenters. The molecule has 23 heavy (non-hydrogen) atoms. The molecule has 126 valence electrons. The van der Waals surface area contributed by atoms with Crippen LogP contribution in [0.1, 0.15) is 31.7 Å². The van der Waals surface area contributed by atoms with Gasteiger partial charge >= 0.3 is 5.97 Å². The summed E-state index contributed by atoms with van der Waals surface area (Å²) in [6.07, 6.45) is -0.604. The molecule has 1 fully saturated rings. The quantitative estimate of drug-likeness (QED) is 0.896. The van der Waals surface area contributed by atoms with E-state index in [0.29, 0.717) is 13.0 Å². The number of carbonyl (C=O) groups excluding carboxylic acids is 1. The Morgan fingerprint density at radius 2 is 2.00 bits per heavy atom. The summed E-state index contributed by atoms with van der Waals surface area (Å²) in [7, 11) is 1.60. The molecule has 1 N–H and O–H groups in total. The normalized spacial score (nSPS) is 22.5. The lowest BCUT2D eigenvalue weighted by Gasteiger charge is -2.36. The smallest absolute Gasteiger partial charge is 0.334 e. The molecule has 1 heterocycles. The number of amides is 1. The Balaban J connectivity index is 2.16. The van der Waals surface area contributed by atoms with Gasteiger partial charge in [-0.25, -0.2) is 4.79 Å². The van der Waals surface area contributed by atoms with Gasteiger partial charge in [-0.05, 0) is 31.0 Å². The number of hydrogen-bond donors (Lipinski definition) is 1. The first-order chi connectivity index (χ1) is 11.0. The fourth-order valence-electron chi connectivity index (χ4n) is 2.88. The van der Waals surface area contributed by atoms with Crippen molar-refractivity contribution < 1.29 is 24.2 Å². The van der Waals surface area contributed by atoms with Gasteiger partial charge in [0.15, 0.2) is 6.10 Å². The van der Waals surface area contributed by atoms with E-state index in [2.05, 4.69) is 0 Å². The first-order valence-electron chi connectivity index (χ1n) is 7.77. The van der Waals surface area contributed by atoms with Crippen molar-refractivity contribution in [3.05, 3.63) is 29.8 Å². The second-order valence-electron chi connectivity index (χ2n) is 5.75. The van der Waals surface area contributed by atoms with Crippen LogP contribution in [0.4, 0.5) is 0 Å². The zero-order valence-corrected chi connectivity index (χ0v) is 13.7. The molecule has 0 radical (unpaired) electrons. The van der Waals surface area contributed by atoms with Gasteiger partial charge in [-0.2, -0.15) is 0 Å². The number of benzene rings is 1. The average Bonchev–Trinajstić information content (AvgIpc) is 2.55. The highest BCUT2D eigenvalue weighted by Gasteiger charge is 2.35. The molecule has 0 bridgehead atoms. The van der Waals surface area contributed by atoms with Crippen LogP contribution in [0.15, 0.2) is 24.3 Å². The largest absolute Gasteiger partial charge is 0.497 e. The Hall–Kier alpha value is -2.08. The van der Waals surface area contributed by atoms with Crippen molar-refractivity contribution in [1.29, 1.82) is 0 Å². The minimum atomic E-state index is -1.04. The van der Waals surface area contributed by atoms with Crippen molar-refractivity contribution in [1.82, 2.24) is 4.90 Å². The van der Waals surface area contributed by atoms with E-state index >= 15 is 0 Å². The van der Waals surface area contributed by atoms with Gasteiger partial charge in [0.25, 0.3) is 0 Å². The monoisotopic (exact) mass is 321 g/mol. The average molecular weight is 321 g/mol. The third-order valence-electron chi connectivity index (χ3n) is 4.07. The van der Waals surface area contributed by atoms with Crippen LogP contribution in [0.25, 0.3) is 0 Å². The topological polar surface area (TPSA) is 76.1 Å². The summed E-state index contributed by atoms with van der Waals surface area (Å²) in [5, 5.41) is 9.15. The number of methoxy groups -OCH3 is 1. The third-order valence-corrected chi connectivity index (χ3v) is 4.07. The number of nitrogens with zero attached hydrogens (tertiary/aromatic N) is 1. The number of rotatable bonds is 5. The maximum Gasteiger partial charge on any atom is 0.334 e. The predicted octanol–water partition coefficient (Wildman–Crippen LogP) is 1.89. The second kappa shape index (κ2) is 7.46. The lowest BCUT2D eigenvalue weighted by Crippen LogP contribution is -2.52. The van der Waals surface area contributed by atoms with Crippen LogP contribution in [0.5, 0.6) is 5.75 Å². The molecule has 0 aliphatic carbocycles. The maximum absolute atomic E-state index is 12.8. The van der Waals surface area contributed by atoms with Crippen LogP contribution < -0.4 is 4.74 Å².